The van der Waals surface area contributed by atoms with Gasteiger partial charge in [0.25, 0.3) is 0 Å². The molecule has 3 rings (SSSR count). The van der Waals surface area contributed by atoms with E-state index in [1.54, 1.807) is 6.20 Å². The third kappa shape index (κ3) is 2.80. The molecule has 0 aromatic carbocycles. The molecular formula is C16H22N2O. The van der Waals surface area contributed by atoms with E-state index in [0.29, 0.717) is 24.3 Å². The van der Waals surface area contributed by atoms with Crippen molar-refractivity contribution in [3.8, 4) is 0 Å². The maximum Gasteiger partial charge on any atom is 0.220 e. The van der Waals surface area contributed by atoms with E-state index >= 15 is 0 Å². The standard InChI is InChI=1S/C16H22N2O/c19-15-10-14(13-8-5-9-17-11-13)16(18-15)12-6-3-1-2-4-7-12/h5,8-9,11-12,14,16H,1-4,6-7,10H2,(H,18,19). The van der Waals surface area contributed by atoms with E-state index in [1.807, 2.05) is 12.3 Å². The van der Waals surface area contributed by atoms with E-state index < -0.39 is 0 Å². The van der Waals surface area contributed by atoms with Crippen molar-refractivity contribution in [3.63, 3.8) is 0 Å². The van der Waals surface area contributed by atoms with E-state index in [9.17, 15) is 4.79 Å². The highest BCUT2D eigenvalue weighted by Crippen LogP contribution is 2.37. The van der Waals surface area contributed by atoms with Crippen LogP contribution < -0.4 is 5.32 Å². The fourth-order valence-electron chi connectivity index (χ4n) is 3.71. The summed E-state index contributed by atoms with van der Waals surface area (Å²) in [5, 5.41) is 3.23. The second-order valence-electron chi connectivity index (χ2n) is 5.94. The molecule has 1 aromatic rings. The van der Waals surface area contributed by atoms with Crippen LogP contribution in [0.3, 0.4) is 0 Å². The largest absolute Gasteiger partial charge is 0.352 e. The molecule has 1 N–H and O–H groups in total. The molecular weight excluding hydrogens is 236 g/mol. The van der Waals surface area contributed by atoms with Crippen LogP contribution in [-0.2, 0) is 4.79 Å². The zero-order valence-corrected chi connectivity index (χ0v) is 11.3. The molecule has 0 spiro atoms. The van der Waals surface area contributed by atoms with Gasteiger partial charge in [0.05, 0.1) is 0 Å². The van der Waals surface area contributed by atoms with Crippen LogP contribution in [-0.4, -0.2) is 16.9 Å². The molecule has 2 unspecified atom stereocenters. The van der Waals surface area contributed by atoms with E-state index in [4.69, 9.17) is 0 Å². The third-order valence-electron chi connectivity index (χ3n) is 4.69. The Labute approximate surface area is 114 Å². The maximum atomic E-state index is 11.8. The molecule has 19 heavy (non-hydrogen) atoms. The lowest BCUT2D eigenvalue weighted by atomic mass is 9.81. The summed E-state index contributed by atoms with van der Waals surface area (Å²) >= 11 is 0. The fraction of sp³-hybridized carbons (Fsp3) is 0.625. The molecule has 3 nitrogen and oxygen atoms in total. The molecule has 1 aromatic heterocycles. The van der Waals surface area contributed by atoms with Crippen molar-refractivity contribution in [1.82, 2.24) is 10.3 Å². The molecule has 2 fully saturated rings. The van der Waals surface area contributed by atoms with Crippen molar-refractivity contribution in [3.05, 3.63) is 30.1 Å². The van der Waals surface area contributed by atoms with Crippen molar-refractivity contribution in [2.45, 2.75) is 56.9 Å². The number of nitrogens with zero attached hydrogens (tertiary/aromatic N) is 1. The Morgan fingerprint density at radius 2 is 1.95 bits per heavy atom. The minimum atomic E-state index is 0.211. The van der Waals surface area contributed by atoms with Gasteiger partial charge in [-0.1, -0.05) is 31.7 Å². The van der Waals surface area contributed by atoms with Crippen molar-refractivity contribution >= 4 is 5.91 Å². The third-order valence-corrected chi connectivity index (χ3v) is 4.69. The molecule has 102 valence electrons. The number of hydrogen-bond donors (Lipinski definition) is 1. The van der Waals surface area contributed by atoms with Crippen LogP contribution in [0.15, 0.2) is 24.5 Å². The second kappa shape index (κ2) is 5.72. The lowest BCUT2D eigenvalue weighted by Gasteiger charge is -2.27. The molecule has 2 atom stereocenters. The number of aromatic nitrogens is 1. The number of carbonyl (C=O) groups is 1. The number of rotatable bonds is 2. The summed E-state index contributed by atoms with van der Waals surface area (Å²) in [6.07, 6.45) is 12.2. The molecule has 1 saturated heterocycles. The minimum absolute atomic E-state index is 0.211. The van der Waals surface area contributed by atoms with Gasteiger partial charge in [0.2, 0.25) is 5.91 Å². The number of amides is 1. The molecule has 2 heterocycles. The predicted octanol–water partition coefficient (Wildman–Crippen LogP) is 3.02. The molecule has 3 heteroatoms. The van der Waals surface area contributed by atoms with Crippen LogP contribution in [0.1, 0.15) is 56.4 Å². The van der Waals surface area contributed by atoms with Crippen LogP contribution in [0, 0.1) is 5.92 Å². The van der Waals surface area contributed by atoms with Gasteiger partial charge in [-0.15, -0.1) is 0 Å². The molecule has 0 radical (unpaired) electrons. The van der Waals surface area contributed by atoms with Gasteiger partial charge >= 0.3 is 0 Å². The van der Waals surface area contributed by atoms with Gasteiger partial charge in [0.1, 0.15) is 0 Å². The van der Waals surface area contributed by atoms with Gasteiger partial charge < -0.3 is 5.32 Å². The summed E-state index contributed by atoms with van der Waals surface area (Å²) in [5.74, 6) is 1.19. The van der Waals surface area contributed by atoms with Gasteiger partial charge in [-0.2, -0.15) is 0 Å². The lowest BCUT2D eigenvalue weighted by Crippen LogP contribution is -2.35. The zero-order valence-electron chi connectivity index (χ0n) is 11.3. The first-order chi connectivity index (χ1) is 9.34. The molecule has 2 aliphatic rings. The van der Waals surface area contributed by atoms with Gasteiger partial charge in [-0.3, -0.25) is 9.78 Å². The Balaban J connectivity index is 1.80. The Morgan fingerprint density at radius 1 is 1.16 bits per heavy atom. The van der Waals surface area contributed by atoms with Crippen LogP contribution in [0.5, 0.6) is 0 Å². The van der Waals surface area contributed by atoms with E-state index in [2.05, 4.69) is 16.4 Å². The first-order valence-corrected chi connectivity index (χ1v) is 7.54. The Bertz CT molecular complexity index is 424. The van der Waals surface area contributed by atoms with Crippen LogP contribution in [0.4, 0.5) is 0 Å². The zero-order chi connectivity index (χ0) is 13.1. The van der Waals surface area contributed by atoms with Gasteiger partial charge in [0.15, 0.2) is 0 Å². The Hall–Kier alpha value is -1.38. The van der Waals surface area contributed by atoms with Crippen LogP contribution in [0.25, 0.3) is 0 Å². The first-order valence-electron chi connectivity index (χ1n) is 7.54. The lowest BCUT2D eigenvalue weighted by molar-refractivity contribution is -0.119. The summed E-state index contributed by atoms with van der Waals surface area (Å²) in [5.41, 5.74) is 1.22. The van der Waals surface area contributed by atoms with Crippen molar-refractivity contribution in [2.75, 3.05) is 0 Å². The Morgan fingerprint density at radius 3 is 2.63 bits per heavy atom. The topological polar surface area (TPSA) is 42.0 Å². The highest BCUT2D eigenvalue weighted by Gasteiger charge is 2.38. The average molecular weight is 258 g/mol. The summed E-state index contributed by atoms with van der Waals surface area (Å²) in [6.45, 7) is 0. The SMILES string of the molecule is O=C1CC(c2cccnc2)C(C2CCCCCC2)N1. The Kier molecular flexibility index (Phi) is 3.81. The molecule has 1 aliphatic heterocycles. The molecule has 1 saturated carbocycles. The highest BCUT2D eigenvalue weighted by atomic mass is 16.2. The second-order valence-corrected chi connectivity index (χ2v) is 5.94. The normalized spacial score (nSPS) is 28.9. The summed E-state index contributed by atoms with van der Waals surface area (Å²) < 4.78 is 0. The van der Waals surface area contributed by atoms with Gasteiger partial charge in [0, 0.05) is 30.8 Å². The number of nitrogens with one attached hydrogen (secondary N) is 1. The monoisotopic (exact) mass is 258 g/mol. The van der Waals surface area contributed by atoms with Crippen LogP contribution >= 0.6 is 0 Å². The smallest absolute Gasteiger partial charge is 0.220 e. The van der Waals surface area contributed by atoms with Crippen molar-refractivity contribution < 1.29 is 4.79 Å². The van der Waals surface area contributed by atoms with Crippen molar-refractivity contribution in [1.29, 1.82) is 0 Å². The van der Waals surface area contributed by atoms with Crippen molar-refractivity contribution in [2.24, 2.45) is 5.92 Å². The number of carbonyl (C=O) groups excluding carboxylic acids is 1. The minimum Gasteiger partial charge on any atom is -0.352 e. The molecule has 0 bridgehead atoms. The van der Waals surface area contributed by atoms with E-state index in [-0.39, 0.29) is 5.91 Å². The predicted molar refractivity (Wildman–Crippen MR) is 74.7 cm³/mol. The maximum absolute atomic E-state index is 11.8. The van der Waals surface area contributed by atoms with E-state index in [0.717, 1.165) is 0 Å². The average Bonchev–Trinajstić information content (AvgIpc) is 2.66. The number of pyridine rings is 1. The van der Waals surface area contributed by atoms with Gasteiger partial charge in [-0.25, -0.2) is 0 Å². The van der Waals surface area contributed by atoms with Crippen LogP contribution in [0.2, 0.25) is 0 Å². The first kappa shape index (κ1) is 12.6. The number of hydrogen-bond acceptors (Lipinski definition) is 2. The summed E-state index contributed by atoms with van der Waals surface area (Å²) in [4.78, 5) is 16.0. The molecule has 1 amide bonds. The van der Waals surface area contributed by atoms with Gasteiger partial charge in [-0.05, 0) is 30.4 Å². The highest BCUT2D eigenvalue weighted by molar-refractivity contribution is 5.80. The summed E-state index contributed by atoms with van der Waals surface area (Å²) in [6, 6.07) is 4.42. The van der Waals surface area contributed by atoms with E-state index in [1.165, 1.54) is 44.1 Å². The summed E-state index contributed by atoms with van der Waals surface area (Å²) in [7, 11) is 0. The quantitative estimate of drug-likeness (QED) is 0.828. The molecule has 1 aliphatic carbocycles. The fourth-order valence-corrected chi connectivity index (χ4v) is 3.71.